The molecule has 0 heterocycles. The van der Waals surface area contributed by atoms with E-state index in [1.165, 1.54) is 0 Å². The second-order valence-corrected chi connectivity index (χ2v) is 3.39. The molecule has 0 saturated heterocycles. The molecule has 0 aliphatic carbocycles. The SMILES string of the molecule is C/N=C(\C)C(C)c1cc(F)c(F)c(F)c1. The second-order valence-electron chi connectivity index (χ2n) is 3.39. The lowest BCUT2D eigenvalue weighted by atomic mass is 9.96. The van der Waals surface area contributed by atoms with E-state index in [4.69, 9.17) is 0 Å². The predicted molar refractivity (Wildman–Crippen MR) is 53.8 cm³/mol. The van der Waals surface area contributed by atoms with Crippen molar-refractivity contribution in [2.24, 2.45) is 4.99 Å². The Kier molecular flexibility index (Phi) is 3.50. The van der Waals surface area contributed by atoms with Gasteiger partial charge in [-0.05, 0) is 24.6 Å². The minimum absolute atomic E-state index is 0.223. The summed E-state index contributed by atoms with van der Waals surface area (Å²) in [6.45, 7) is 3.51. The van der Waals surface area contributed by atoms with Gasteiger partial charge in [-0.2, -0.15) is 0 Å². The lowest BCUT2D eigenvalue weighted by Gasteiger charge is -2.11. The van der Waals surface area contributed by atoms with Gasteiger partial charge in [0.15, 0.2) is 17.5 Å². The second kappa shape index (κ2) is 4.47. The molecule has 82 valence electrons. The molecule has 1 aromatic carbocycles. The summed E-state index contributed by atoms with van der Waals surface area (Å²) in [5.41, 5.74) is 1.12. The van der Waals surface area contributed by atoms with Crippen LogP contribution in [-0.4, -0.2) is 12.8 Å². The maximum Gasteiger partial charge on any atom is 0.194 e. The van der Waals surface area contributed by atoms with Crippen LogP contribution in [0.15, 0.2) is 17.1 Å². The first kappa shape index (κ1) is 11.8. The van der Waals surface area contributed by atoms with Gasteiger partial charge in [0, 0.05) is 18.7 Å². The van der Waals surface area contributed by atoms with Crippen LogP contribution < -0.4 is 0 Å². The third kappa shape index (κ3) is 2.37. The van der Waals surface area contributed by atoms with E-state index in [1.807, 2.05) is 0 Å². The summed E-state index contributed by atoms with van der Waals surface area (Å²) in [6, 6.07) is 2.00. The Morgan fingerprint density at radius 2 is 1.67 bits per heavy atom. The zero-order valence-corrected chi connectivity index (χ0v) is 8.81. The van der Waals surface area contributed by atoms with Gasteiger partial charge >= 0.3 is 0 Å². The van der Waals surface area contributed by atoms with E-state index in [1.54, 1.807) is 20.9 Å². The smallest absolute Gasteiger partial charge is 0.194 e. The van der Waals surface area contributed by atoms with Crippen molar-refractivity contribution in [3.05, 3.63) is 35.1 Å². The van der Waals surface area contributed by atoms with E-state index in [0.717, 1.165) is 17.8 Å². The summed E-state index contributed by atoms with van der Waals surface area (Å²) in [5.74, 6) is -3.99. The molecule has 1 rings (SSSR count). The van der Waals surface area contributed by atoms with Gasteiger partial charge in [-0.15, -0.1) is 0 Å². The van der Waals surface area contributed by atoms with Crippen LogP contribution >= 0.6 is 0 Å². The minimum atomic E-state index is -1.43. The highest BCUT2D eigenvalue weighted by molar-refractivity contribution is 5.88. The maximum atomic E-state index is 12.9. The Balaban J connectivity index is 3.17. The van der Waals surface area contributed by atoms with Crippen LogP contribution in [0.2, 0.25) is 0 Å². The zero-order chi connectivity index (χ0) is 11.6. The number of nitrogens with zero attached hydrogens (tertiary/aromatic N) is 1. The quantitative estimate of drug-likeness (QED) is 0.530. The molecule has 0 aromatic heterocycles. The molecular formula is C11H12F3N. The topological polar surface area (TPSA) is 12.4 Å². The van der Waals surface area contributed by atoms with Crippen molar-refractivity contribution in [2.45, 2.75) is 19.8 Å². The fraction of sp³-hybridized carbons (Fsp3) is 0.364. The van der Waals surface area contributed by atoms with E-state index in [-0.39, 0.29) is 5.92 Å². The Bertz CT molecular complexity index is 376. The van der Waals surface area contributed by atoms with Crippen molar-refractivity contribution < 1.29 is 13.2 Å². The van der Waals surface area contributed by atoms with E-state index >= 15 is 0 Å². The highest BCUT2D eigenvalue weighted by Crippen LogP contribution is 2.21. The van der Waals surface area contributed by atoms with E-state index in [9.17, 15) is 13.2 Å². The van der Waals surface area contributed by atoms with Crippen molar-refractivity contribution in [3.63, 3.8) is 0 Å². The molecule has 0 aliphatic rings. The number of hydrogen-bond donors (Lipinski definition) is 0. The summed E-state index contributed by atoms with van der Waals surface area (Å²) in [4.78, 5) is 3.92. The van der Waals surface area contributed by atoms with Gasteiger partial charge in [0.1, 0.15) is 0 Å². The highest BCUT2D eigenvalue weighted by atomic mass is 19.2. The van der Waals surface area contributed by atoms with Crippen molar-refractivity contribution in [1.82, 2.24) is 0 Å². The van der Waals surface area contributed by atoms with Crippen LogP contribution in [0.4, 0.5) is 13.2 Å². The lowest BCUT2D eigenvalue weighted by molar-refractivity contribution is 0.445. The fourth-order valence-electron chi connectivity index (χ4n) is 1.26. The zero-order valence-electron chi connectivity index (χ0n) is 8.81. The summed E-state index contributed by atoms with van der Waals surface area (Å²) in [6.07, 6.45) is 0. The summed E-state index contributed by atoms with van der Waals surface area (Å²) in [7, 11) is 1.60. The lowest BCUT2D eigenvalue weighted by Crippen LogP contribution is -2.07. The average Bonchev–Trinajstić information content (AvgIpc) is 2.23. The molecular weight excluding hydrogens is 203 g/mol. The largest absolute Gasteiger partial charge is 0.297 e. The normalized spacial score (nSPS) is 14.1. The van der Waals surface area contributed by atoms with Gasteiger partial charge < -0.3 is 0 Å². The molecule has 0 N–H and O–H groups in total. The fourth-order valence-corrected chi connectivity index (χ4v) is 1.26. The molecule has 0 bridgehead atoms. The van der Waals surface area contributed by atoms with E-state index in [2.05, 4.69) is 4.99 Å². The molecule has 0 spiro atoms. The van der Waals surface area contributed by atoms with E-state index < -0.39 is 17.5 Å². The molecule has 1 nitrogen and oxygen atoms in total. The average molecular weight is 215 g/mol. The molecule has 0 fully saturated rings. The number of benzene rings is 1. The standard InChI is InChI=1S/C11H12F3N/c1-6(7(2)15-3)8-4-9(12)11(14)10(13)5-8/h4-6H,1-3H3/b15-7+. The van der Waals surface area contributed by atoms with Crippen LogP contribution in [0.5, 0.6) is 0 Å². The van der Waals surface area contributed by atoms with E-state index in [0.29, 0.717) is 5.56 Å². The molecule has 4 heteroatoms. The Labute approximate surface area is 86.6 Å². The van der Waals surface area contributed by atoms with Crippen LogP contribution in [0.3, 0.4) is 0 Å². The number of rotatable bonds is 2. The van der Waals surface area contributed by atoms with Gasteiger partial charge in [-0.25, -0.2) is 13.2 Å². The van der Waals surface area contributed by atoms with Crippen LogP contribution in [0, 0.1) is 17.5 Å². The number of aliphatic imine (C=N–C) groups is 1. The summed E-state index contributed by atoms with van der Waals surface area (Å²) in [5, 5.41) is 0. The molecule has 15 heavy (non-hydrogen) atoms. The van der Waals surface area contributed by atoms with Crippen molar-refractivity contribution in [1.29, 1.82) is 0 Å². The summed E-state index contributed by atoms with van der Waals surface area (Å²) < 4.78 is 38.5. The Morgan fingerprint density at radius 1 is 1.20 bits per heavy atom. The number of hydrogen-bond acceptors (Lipinski definition) is 1. The van der Waals surface area contributed by atoms with Crippen molar-refractivity contribution in [2.75, 3.05) is 7.05 Å². The predicted octanol–water partition coefficient (Wildman–Crippen LogP) is 3.30. The van der Waals surface area contributed by atoms with Crippen molar-refractivity contribution in [3.8, 4) is 0 Å². The third-order valence-electron chi connectivity index (χ3n) is 2.49. The van der Waals surface area contributed by atoms with Gasteiger partial charge in [0.05, 0.1) is 0 Å². The first-order chi connectivity index (χ1) is 6.97. The minimum Gasteiger partial charge on any atom is -0.297 e. The Morgan fingerprint density at radius 3 is 2.07 bits per heavy atom. The van der Waals surface area contributed by atoms with Crippen molar-refractivity contribution >= 4 is 5.71 Å². The van der Waals surface area contributed by atoms with Gasteiger partial charge in [-0.1, -0.05) is 6.92 Å². The molecule has 1 unspecified atom stereocenters. The molecule has 0 amide bonds. The first-order valence-electron chi connectivity index (χ1n) is 4.55. The van der Waals surface area contributed by atoms with Gasteiger partial charge in [0.25, 0.3) is 0 Å². The first-order valence-corrected chi connectivity index (χ1v) is 4.55. The Hall–Kier alpha value is -1.32. The monoisotopic (exact) mass is 215 g/mol. The summed E-state index contributed by atoms with van der Waals surface area (Å²) >= 11 is 0. The molecule has 1 aromatic rings. The third-order valence-corrected chi connectivity index (χ3v) is 2.49. The highest BCUT2D eigenvalue weighted by Gasteiger charge is 2.15. The molecule has 0 saturated carbocycles. The van der Waals surface area contributed by atoms with Crippen LogP contribution in [0.25, 0.3) is 0 Å². The van der Waals surface area contributed by atoms with Crippen LogP contribution in [0.1, 0.15) is 25.3 Å². The van der Waals surface area contributed by atoms with Crippen LogP contribution in [-0.2, 0) is 0 Å². The molecule has 0 radical (unpaired) electrons. The molecule has 1 atom stereocenters. The number of halogens is 3. The molecule has 0 aliphatic heterocycles. The van der Waals surface area contributed by atoms with Gasteiger partial charge in [-0.3, -0.25) is 4.99 Å². The maximum absolute atomic E-state index is 12.9. The van der Waals surface area contributed by atoms with Gasteiger partial charge in [0.2, 0.25) is 0 Å².